The Labute approximate surface area is 95.2 Å². The van der Waals surface area contributed by atoms with Gasteiger partial charge < -0.3 is 5.73 Å². The zero-order chi connectivity index (χ0) is 11.4. The molecule has 0 bridgehead atoms. The molecule has 2 N–H and O–H groups in total. The van der Waals surface area contributed by atoms with Crippen molar-refractivity contribution < 1.29 is 4.79 Å². The number of hydrogen-bond donors (Lipinski definition) is 1. The summed E-state index contributed by atoms with van der Waals surface area (Å²) in [6, 6.07) is 6.44. The second-order valence-corrected chi connectivity index (χ2v) is 5.18. The topological polar surface area (TPSA) is 43.1 Å². The molecule has 1 aromatic carbocycles. The Morgan fingerprint density at radius 3 is 2.33 bits per heavy atom. The van der Waals surface area contributed by atoms with Crippen LogP contribution in [0.5, 0.6) is 0 Å². The predicted octanol–water partition coefficient (Wildman–Crippen LogP) is 2.41. The summed E-state index contributed by atoms with van der Waals surface area (Å²) in [7, 11) is 0. The standard InChI is InChI=1S/C12H17NOS/c1-8-4-9(2)6-11(5-8)7-15-10(3)12(13)14/h4-6,10H,7H2,1-3H3,(H2,13,14). The summed E-state index contributed by atoms with van der Waals surface area (Å²) in [5, 5.41) is -0.120. The van der Waals surface area contributed by atoms with Gasteiger partial charge in [0.15, 0.2) is 0 Å². The molecule has 82 valence electrons. The Hall–Kier alpha value is -0.960. The number of primary amides is 1. The first-order valence-corrected chi connectivity index (χ1v) is 6.02. The summed E-state index contributed by atoms with van der Waals surface area (Å²) in [6.45, 7) is 6.01. The lowest BCUT2D eigenvalue weighted by Gasteiger charge is -2.08. The third-order valence-electron chi connectivity index (χ3n) is 2.18. The van der Waals surface area contributed by atoms with Crippen molar-refractivity contribution in [2.45, 2.75) is 31.8 Å². The lowest BCUT2D eigenvalue weighted by Crippen LogP contribution is -2.22. The van der Waals surface area contributed by atoms with E-state index in [4.69, 9.17) is 5.73 Å². The van der Waals surface area contributed by atoms with Crippen LogP contribution in [-0.4, -0.2) is 11.2 Å². The maximum absolute atomic E-state index is 10.9. The van der Waals surface area contributed by atoms with Crippen LogP contribution in [0.3, 0.4) is 0 Å². The van der Waals surface area contributed by atoms with Crippen LogP contribution in [0.15, 0.2) is 18.2 Å². The highest BCUT2D eigenvalue weighted by atomic mass is 32.2. The zero-order valence-electron chi connectivity index (χ0n) is 9.41. The normalized spacial score (nSPS) is 12.5. The number of aryl methyl sites for hydroxylation is 2. The zero-order valence-corrected chi connectivity index (χ0v) is 10.2. The van der Waals surface area contributed by atoms with E-state index in [0.29, 0.717) is 0 Å². The van der Waals surface area contributed by atoms with Gasteiger partial charge in [-0.3, -0.25) is 4.79 Å². The summed E-state index contributed by atoms with van der Waals surface area (Å²) in [6.07, 6.45) is 0. The Morgan fingerprint density at radius 1 is 1.33 bits per heavy atom. The Morgan fingerprint density at radius 2 is 1.87 bits per heavy atom. The predicted molar refractivity (Wildman–Crippen MR) is 65.9 cm³/mol. The first kappa shape index (κ1) is 12.1. The van der Waals surface area contributed by atoms with Gasteiger partial charge in [-0.1, -0.05) is 29.3 Å². The molecule has 2 nitrogen and oxygen atoms in total. The molecule has 0 aliphatic carbocycles. The second-order valence-electron chi connectivity index (χ2n) is 3.85. The van der Waals surface area contributed by atoms with Gasteiger partial charge >= 0.3 is 0 Å². The quantitative estimate of drug-likeness (QED) is 0.851. The number of nitrogens with two attached hydrogens (primary N) is 1. The van der Waals surface area contributed by atoms with E-state index in [1.54, 1.807) is 11.8 Å². The second kappa shape index (κ2) is 5.21. The molecule has 1 rings (SSSR count). The third kappa shape index (κ3) is 3.96. The molecule has 1 atom stereocenters. The van der Waals surface area contributed by atoms with Crippen molar-refractivity contribution in [3.05, 3.63) is 34.9 Å². The number of thioether (sulfide) groups is 1. The van der Waals surface area contributed by atoms with Crippen LogP contribution in [0.25, 0.3) is 0 Å². The Balaban J connectivity index is 2.61. The first-order valence-electron chi connectivity index (χ1n) is 4.97. The molecule has 0 radical (unpaired) electrons. The molecule has 15 heavy (non-hydrogen) atoms. The highest BCUT2D eigenvalue weighted by molar-refractivity contribution is 7.99. The third-order valence-corrected chi connectivity index (χ3v) is 3.41. The van der Waals surface area contributed by atoms with Crippen molar-refractivity contribution in [1.29, 1.82) is 0 Å². The lowest BCUT2D eigenvalue weighted by atomic mass is 10.1. The number of rotatable bonds is 4. The van der Waals surface area contributed by atoms with E-state index in [-0.39, 0.29) is 11.2 Å². The van der Waals surface area contributed by atoms with Gasteiger partial charge in [-0.25, -0.2) is 0 Å². The van der Waals surface area contributed by atoms with Gasteiger partial charge in [-0.2, -0.15) is 0 Å². The first-order chi connectivity index (χ1) is 6.99. The van der Waals surface area contributed by atoms with Gasteiger partial charge in [-0.05, 0) is 26.3 Å². The minimum Gasteiger partial charge on any atom is -0.369 e. The molecule has 1 unspecified atom stereocenters. The molecule has 0 saturated carbocycles. The summed E-state index contributed by atoms with van der Waals surface area (Å²) < 4.78 is 0. The van der Waals surface area contributed by atoms with Crippen molar-refractivity contribution in [3.63, 3.8) is 0 Å². The van der Waals surface area contributed by atoms with E-state index < -0.39 is 0 Å². The number of carbonyl (C=O) groups is 1. The highest BCUT2D eigenvalue weighted by Crippen LogP contribution is 2.19. The maximum atomic E-state index is 10.9. The van der Waals surface area contributed by atoms with E-state index in [1.165, 1.54) is 16.7 Å². The molecule has 3 heteroatoms. The van der Waals surface area contributed by atoms with E-state index in [0.717, 1.165) is 5.75 Å². The smallest absolute Gasteiger partial charge is 0.230 e. The van der Waals surface area contributed by atoms with Gasteiger partial charge in [0.2, 0.25) is 5.91 Å². The molecule has 0 aliphatic rings. The maximum Gasteiger partial charge on any atom is 0.230 e. The number of benzene rings is 1. The van der Waals surface area contributed by atoms with Gasteiger partial charge in [0.1, 0.15) is 0 Å². The minimum absolute atomic E-state index is 0.120. The monoisotopic (exact) mass is 223 g/mol. The van der Waals surface area contributed by atoms with Crippen molar-refractivity contribution in [2.24, 2.45) is 5.73 Å². The van der Waals surface area contributed by atoms with E-state index in [2.05, 4.69) is 32.0 Å². The van der Waals surface area contributed by atoms with Crippen LogP contribution in [0.2, 0.25) is 0 Å². The fraction of sp³-hybridized carbons (Fsp3) is 0.417. The van der Waals surface area contributed by atoms with Crippen LogP contribution < -0.4 is 5.73 Å². The summed E-state index contributed by atoms with van der Waals surface area (Å²) >= 11 is 1.58. The molecule has 0 aliphatic heterocycles. The molecular formula is C12H17NOS. The molecular weight excluding hydrogens is 206 g/mol. The van der Waals surface area contributed by atoms with Crippen molar-refractivity contribution in [2.75, 3.05) is 0 Å². The average Bonchev–Trinajstić information content (AvgIpc) is 2.12. The molecule has 0 aromatic heterocycles. The summed E-state index contributed by atoms with van der Waals surface area (Å²) in [4.78, 5) is 10.9. The van der Waals surface area contributed by atoms with Crippen molar-refractivity contribution in [3.8, 4) is 0 Å². The molecule has 0 fully saturated rings. The van der Waals surface area contributed by atoms with Gasteiger partial charge in [-0.15, -0.1) is 11.8 Å². The van der Waals surface area contributed by atoms with Gasteiger partial charge in [0, 0.05) is 5.75 Å². The van der Waals surface area contributed by atoms with Crippen LogP contribution in [-0.2, 0) is 10.5 Å². The van der Waals surface area contributed by atoms with Crippen molar-refractivity contribution >= 4 is 17.7 Å². The fourth-order valence-electron chi connectivity index (χ4n) is 1.46. The van der Waals surface area contributed by atoms with Crippen LogP contribution in [0.4, 0.5) is 0 Å². The van der Waals surface area contributed by atoms with Crippen LogP contribution >= 0.6 is 11.8 Å². The lowest BCUT2D eigenvalue weighted by molar-refractivity contribution is -0.117. The van der Waals surface area contributed by atoms with Crippen LogP contribution in [0, 0.1) is 13.8 Å². The fourth-order valence-corrected chi connectivity index (χ4v) is 2.23. The van der Waals surface area contributed by atoms with Crippen LogP contribution in [0.1, 0.15) is 23.6 Å². The molecule has 0 saturated heterocycles. The highest BCUT2D eigenvalue weighted by Gasteiger charge is 2.08. The van der Waals surface area contributed by atoms with E-state index in [1.807, 2.05) is 6.92 Å². The molecule has 1 amide bonds. The molecule has 0 spiro atoms. The Kier molecular flexibility index (Phi) is 4.21. The SMILES string of the molecule is Cc1cc(C)cc(CSC(C)C(N)=O)c1. The number of carbonyl (C=O) groups excluding carboxylic acids is 1. The van der Waals surface area contributed by atoms with Crippen molar-refractivity contribution in [1.82, 2.24) is 0 Å². The molecule has 0 heterocycles. The number of amides is 1. The minimum atomic E-state index is -0.246. The Bertz CT molecular complexity index is 342. The summed E-state index contributed by atoms with van der Waals surface area (Å²) in [5.41, 5.74) is 8.98. The van der Waals surface area contributed by atoms with Gasteiger partial charge in [0.25, 0.3) is 0 Å². The summed E-state index contributed by atoms with van der Waals surface area (Å²) in [5.74, 6) is 0.594. The van der Waals surface area contributed by atoms with E-state index >= 15 is 0 Å². The number of hydrogen-bond acceptors (Lipinski definition) is 2. The average molecular weight is 223 g/mol. The van der Waals surface area contributed by atoms with E-state index in [9.17, 15) is 4.79 Å². The molecule has 1 aromatic rings. The largest absolute Gasteiger partial charge is 0.369 e. The van der Waals surface area contributed by atoms with Gasteiger partial charge in [0.05, 0.1) is 5.25 Å².